The van der Waals surface area contributed by atoms with Gasteiger partial charge >= 0.3 is 0 Å². The molecule has 0 saturated carbocycles. The molecule has 2 N–H and O–H groups in total. The van der Waals surface area contributed by atoms with Crippen LogP contribution in [0.1, 0.15) is 11.1 Å². The molecule has 0 fully saturated rings. The zero-order chi connectivity index (χ0) is 11.6. The smallest absolute Gasteiger partial charge is 0.191 e. The van der Waals surface area contributed by atoms with Crippen LogP contribution in [-0.4, -0.2) is 21.4 Å². The highest BCUT2D eigenvalue weighted by Gasteiger charge is 2.16. The number of ether oxygens (including phenoxy) is 1. The highest BCUT2D eigenvalue weighted by atomic mass is 32.2. The number of methoxy groups -OCH3 is 1. The number of benzene rings is 1. The average Bonchev–Trinajstić information content (AvgIpc) is 2.20. The molecule has 0 aliphatic heterocycles. The molecule has 84 valence electrons. The van der Waals surface area contributed by atoms with E-state index in [1.54, 1.807) is 33.1 Å². The van der Waals surface area contributed by atoms with Gasteiger partial charge in [-0.2, -0.15) is 0 Å². The molecule has 0 atom stereocenters. The van der Waals surface area contributed by atoms with E-state index in [4.69, 9.17) is 10.5 Å². The third kappa shape index (κ3) is 2.30. The van der Waals surface area contributed by atoms with Crippen LogP contribution in [0.3, 0.4) is 0 Å². The van der Waals surface area contributed by atoms with Crippen LogP contribution >= 0.6 is 0 Å². The highest BCUT2D eigenvalue weighted by Crippen LogP contribution is 2.25. The van der Waals surface area contributed by atoms with Crippen molar-refractivity contribution in [3.63, 3.8) is 0 Å². The Kier molecular flexibility index (Phi) is 3.36. The molecule has 0 unspecified atom stereocenters. The maximum absolute atomic E-state index is 11.6. The molecule has 15 heavy (non-hydrogen) atoms. The Labute approximate surface area is 90.0 Å². The lowest BCUT2D eigenvalue weighted by molar-refractivity contribution is 0.411. The van der Waals surface area contributed by atoms with Crippen molar-refractivity contribution in [2.45, 2.75) is 18.7 Å². The maximum atomic E-state index is 11.6. The zero-order valence-corrected chi connectivity index (χ0v) is 9.89. The fourth-order valence-corrected chi connectivity index (χ4v) is 2.49. The molecular formula is C10H15NO3S. The fourth-order valence-electron chi connectivity index (χ4n) is 1.41. The lowest BCUT2D eigenvalue weighted by atomic mass is 10.1. The minimum Gasteiger partial charge on any atom is -0.496 e. The molecular weight excluding hydrogens is 214 g/mol. The second kappa shape index (κ2) is 4.20. The van der Waals surface area contributed by atoms with E-state index >= 15 is 0 Å². The summed E-state index contributed by atoms with van der Waals surface area (Å²) in [6.07, 6.45) is 0. The zero-order valence-electron chi connectivity index (χ0n) is 9.07. The van der Waals surface area contributed by atoms with E-state index < -0.39 is 9.84 Å². The molecule has 0 aliphatic carbocycles. The summed E-state index contributed by atoms with van der Waals surface area (Å²) in [6.45, 7) is 3.53. The van der Waals surface area contributed by atoms with Gasteiger partial charge in [0, 0.05) is 0 Å². The molecule has 0 aliphatic rings. The molecule has 0 bridgehead atoms. The van der Waals surface area contributed by atoms with Crippen molar-refractivity contribution in [3.8, 4) is 5.75 Å². The van der Waals surface area contributed by atoms with E-state index in [1.807, 2.05) is 0 Å². The number of sulfone groups is 1. The van der Waals surface area contributed by atoms with Gasteiger partial charge in [-0.15, -0.1) is 0 Å². The van der Waals surface area contributed by atoms with Crippen LogP contribution in [0, 0.1) is 13.8 Å². The van der Waals surface area contributed by atoms with E-state index in [2.05, 4.69) is 0 Å². The highest BCUT2D eigenvalue weighted by molar-refractivity contribution is 7.91. The monoisotopic (exact) mass is 229 g/mol. The van der Waals surface area contributed by atoms with Crippen LogP contribution in [0.15, 0.2) is 17.0 Å². The predicted octanol–water partition coefficient (Wildman–Crippen LogP) is 1.00. The minimum absolute atomic E-state index is 0.281. The van der Waals surface area contributed by atoms with Gasteiger partial charge in [-0.05, 0) is 37.1 Å². The summed E-state index contributed by atoms with van der Waals surface area (Å²) in [6, 6.07) is 3.30. The topological polar surface area (TPSA) is 69.4 Å². The third-order valence-electron chi connectivity index (χ3n) is 2.25. The lowest BCUT2D eigenvalue weighted by Crippen LogP contribution is -2.15. The second-order valence-electron chi connectivity index (χ2n) is 3.37. The maximum Gasteiger partial charge on any atom is 0.191 e. The number of rotatable bonds is 3. The van der Waals surface area contributed by atoms with Crippen molar-refractivity contribution in [2.24, 2.45) is 5.73 Å². The van der Waals surface area contributed by atoms with Gasteiger partial charge in [-0.25, -0.2) is 8.42 Å². The van der Waals surface area contributed by atoms with E-state index in [1.165, 1.54) is 0 Å². The van der Waals surface area contributed by atoms with E-state index in [-0.39, 0.29) is 10.8 Å². The normalized spacial score (nSPS) is 11.5. The number of aryl methyl sites for hydroxylation is 2. The van der Waals surface area contributed by atoms with Crippen LogP contribution in [0.5, 0.6) is 5.75 Å². The van der Waals surface area contributed by atoms with Crippen molar-refractivity contribution < 1.29 is 13.2 Å². The van der Waals surface area contributed by atoms with Gasteiger partial charge in [0.1, 0.15) is 11.6 Å². The van der Waals surface area contributed by atoms with E-state index in [0.29, 0.717) is 11.3 Å². The summed E-state index contributed by atoms with van der Waals surface area (Å²) in [7, 11) is -1.80. The van der Waals surface area contributed by atoms with Crippen molar-refractivity contribution in [1.82, 2.24) is 0 Å². The number of hydrogen-bond acceptors (Lipinski definition) is 4. The van der Waals surface area contributed by atoms with Crippen LogP contribution in [0.4, 0.5) is 0 Å². The van der Waals surface area contributed by atoms with Crippen molar-refractivity contribution in [1.29, 1.82) is 0 Å². The van der Waals surface area contributed by atoms with E-state index in [0.717, 1.165) is 5.56 Å². The van der Waals surface area contributed by atoms with Gasteiger partial charge in [-0.3, -0.25) is 0 Å². The van der Waals surface area contributed by atoms with Gasteiger partial charge in [0.25, 0.3) is 0 Å². The quantitative estimate of drug-likeness (QED) is 0.839. The first-order valence-corrected chi connectivity index (χ1v) is 6.15. The first-order chi connectivity index (χ1) is 6.92. The van der Waals surface area contributed by atoms with Crippen molar-refractivity contribution in [2.75, 3.05) is 13.0 Å². The van der Waals surface area contributed by atoms with E-state index in [9.17, 15) is 8.42 Å². The molecule has 0 aromatic heterocycles. The van der Waals surface area contributed by atoms with Crippen LogP contribution in [-0.2, 0) is 9.84 Å². The molecule has 0 spiro atoms. The van der Waals surface area contributed by atoms with Gasteiger partial charge in [0.05, 0.1) is 12.0 Å². The Morgan fingerprint density at radius 2 is 1.87 bits per heavy atom. The van der Waals surface area contributed by atoms with Crippen molar-refractivity contribution in [3.05, 3.63) is 23.3 Å². The standard InChI is InChI=1S/C10H15NO3S/c1-7-5-10(15(12,13)6-11)8(2)4-9(7)14-3/h4-5H,6,11H2,1-3H3. The molecule has 0 saturated heterocycles. The van der Waals surface area contributed by atoms with Crippen molar-refractivity contribution >= 4 is 9.84 Å². The Bertz CT molecular complexity index is 466. The summed E-state index contributed by atoms with van der Waals surface area (Å²) in [5.74, 6) is 0.308. The van der Waals surface area contributed by atoms with Gasteiger partial charge in [0.15, 0.2) is 9.84 Å². The second-order valence-corrected chi connectivity index (χ2v) is 5.37. The largest absolute Gasteiger partial charge is 0.496 e. The molecule has 0 heterocycles. The Morgan fingerprint density at radius 1 is 1.27 bits per heavy atom. The summed E-state index contributed by atoms with van der Waals surface area (Å²) in [5, 5.41) is 0. The Balaban J connectivity index is 3.41. The minimum atomic E-state index is -3.35. The lowest BCUT2D eigenvalue weighted by Gasteiger charge is -2.10. The van der Waals surface area contributed by atoms with Crippen LogP contribution in [0.2, 0.25) is 0 Å². The third-order valence-corrected chi connectivity index (χ3v) is 3.80. The number of nitrogens with two attached hydrogens (primary N) is 1. The van der Waals surface area contributed by atoms with Gasteiger partial charge in [0.2, 0.25) is 0 Å². The van der Waals surface area contributed by atoms with Gasteiger partial charge < -0.3 is 10.5 Å². The molecule has 4 nitrogen and oxygen atoms in total. The molecule has 1 aromatic rings. The Hall–Kier alpha value is -1.07. The average molecular weight is 229 g/mol. The first kappa shape index (κ1) is 12.0. The summed E-state index contributed by atoms with van der Waals surface area (Å²) in [4.78, 5) is 0.281. The number of hydrogen-bond donors (Lipinski definition) is 1. The molecule has 1 aromatic carbocycles. The Morgan fingerprint density at radius 3 is 2.33 bits per heavy atom. The molecule has 0 radical (unpaired) electrons. The molecule has 1 rings (SSSR count). The van der Waals surface area contributed by atoms with Crippen LogP contribution < -0.4 is 10.5 Å². The molecule has 5 heteroatoms. The fraction of sp³-hybridized carbons (Fsp3) is 0.400. The SMILES string of the molecule is COc1cc(C)c(S(=O)(=O)CN)cc1C. The summed E-state index contributed by atoms with van der Waals surface area (Å²) >= 11 is 0. The first-order valence-electron chi connectivity index (χ1n) is 4.50. The van der Waals surface area contributed by atoms with Gasteiger partial charge in [-0.1, -0.05) is 0 Å². The predicted molar refractivity (Wildman–Crippen MR) is 58.7 cm³/mol. The summed E-state index contributed by atoms with van der Waals surface area (Å²) < 4.78 is 28.3. The molecule has 0 amide bonds. The summed E-state index contributed by atoms with van der Waals surface area (Å²) in [5.41, 5.74) is 6.65. The van der Waals surface area contributed by atoms with Crippen LogP contribution in [0.25, 0.3) is 0 Å².